The summed E-state index contributed by atoms with van der Waals surface area (Å²) in [6, 6.07) is 0.770. The molecule has 0 aliphatic heterocycles. The van der Waals surface area contributed by atoms with E-state index in [1.54, 1.807) is 13.8 Å². The lowest BCUT2D eigenvalue weighted by Crippen LogP contribution is -2.44. The van der Waals surface area contributed by atoms with E-state index in [9.17, 15) is 14.4 Å². The van der Waals surface area contributed by atoms with Gasteiger partial charge in [-0.1, -0.05) is 0 Å². The van der Waals surface area contributed by atoms with Gasteiger partial charge in [-0.2, -0.15) is 0 Å². The average Bonchev–Trinajstić information content (AvgIpc) is 2.41. The fourth-order valence-corrected chi connectivity index (χ4v) is 1.45. The van der Waals surface area contributed by atoms with Gasteiger partial charge in [-0.3, -0.25) is 15.1 Å². The third kappa shape index (κ3) is 4.75. The summed E-state index contributed by atoms with van der Waals surface area (Å²) in [5.74, 6) is -1.45. The summed E-state index contributed by atoms with van der Waals surface area (Å²) in [6.45, 7) is 5.07. The summed E-state index contributed by atoms with van der Waals surface area (Å²) in [5, 5.41) is 4.45. The lowest BCUT2D eigenvalue weighted by molar-refractivity contribution is -0.127. The number of carbonyl (C=O) groups is 3. The third-order valence-corrected chi connectivity index (χ3v) is 2.56. The number of ether oxygens (including phenoxy) is 1. The van der Waals surface area contributed by atoms with Crippen LogP contribution in [0.4, 0.5) is 10.5 Å². The van der Waals surface area contributed by atoms with Crippen LogP contribution in [0.15, 0.2) is 12.3 Å². The molecule has 0 fully saturated rings. The molecule has 4 N–H and O–H groups in total. The van der Waals surface area contributed by atoms with Crippen molar-refractivity contribution in [3.63, 3.8) is 0 Å². The Kier molecular flexibility index (Phi) is 5.65. The first-order chi connectivity index (χ1) is 9.85. The van der Waals surface area contributed by atoms with Gasteiger partial charge in [0.05, 0.1) is 23.1 Å². The van der Waals surface area contributed by atoms with Gasteiger partial charge in [-0.15, -0.1) is 0 Å². The van der Waals surface area contributed by atoms with Crippen molar-refractivity contribution in [3.8, 4) is 0 Å². The van der Waals surface area contributed by atoms with Gasteiger partial charge in [-0.25, -0.2) is 9.59 Å². The van der Waals surface area contributed by atoms with Crippen LogP contribution in [0, 0.1) is 6.92 Å². The standard InChI is InChI=1S/C13H18N4O4/c1-4-15-13(20)17-11(18)8(3)21-12(19)10-5-9(14)6-16-7(10)2/h5-6,8H,4,14H2,1-3H3,(H2,15,17,18,20). The Labute approximate surface area is 122 Å². The van der Waals surface area contributed by atoms with Crippen molar-refractivity contribution in [3.05, 3.63) is 23.5 Å². The molecule has 21 heavy (non-hydrogen) atoms. The van der Waals surface area contributed by atoms with Crippen LogP contribution in [0.3, 0.4) is 0 Å². The maximum Gasteiger partial charge on any atom is 0.340 e. The molecule has 1 aromatic rings. The number of aryl methyl sites for hydroxylation is 1. The molecule has 3 amide bonds. The van der Waals surface area contributed by atoms with E-state index in [2.05, 4.69) is 15.6 Å². The molecule has 0 aliphatic carbocycles. The lowest BCUT2D eigenvalue weighted by Gasteiger charge is -2.13. The Morgan fingerprint density at radius 2 is 2.10 bits per heavy atom. The van der Waals surface area contributed by atoms with Crippen molar-refractivity contribution in [1.82, 2.24) is 15.6 Å². The number of nitrogens with zero attached hydrogens (tertiary/aromatic N) is 1. The minimum absolute atomic E-state index is 0.174. The summed E-state index contributed by atoms with van der Waals surface area (Å²) in [6.07, 6.45) is 0.290. The minimum Gasteiger partial charge on any atom is -0.449 e. The first kappa shape index (κ1) is 16.4. The number of rotatable bonds is 4. The second kappa shape index (κ2) is 7.22. The summed E-state index contributed by atoms with van der Waals surface area (Å²) in [4.78, 5) is 38.7. The van der Waals surface area contributed by atoms with Crippen LogP contribution < -0.4 is 16.4 Å². The van der Waals surface area contributed by atoms with Crippen molar-refractivity contribution >= 4 is 23.6 Å². The molecule has 8 heteroatoms. The fraction of sp³-hybridized carbons (Fsp3) is 0.385. The van der Waals surface area contributed by atoms with Crippen molar-refractivity contribution in [2.45, 2.75) is 26.9 Å². The number of nitrogens with two attached hydrogens (primary N) is 1. The van der Waals surface area contributed by atoms with Crippen LogP contribution in [-0.2, 0) is 9.53 Å². The van der Waals surface area contributed by atoms with Crippen LogP contribution in [0.5, 0.6) is 0 Å². The molecule has 0 radical (unpaired) electrons. The number of nitrogens with one attached hydrogen (secondary N) is 2. The van der Waals surface area contributed by atoms with E-state index in [-0.39, 0.29) is 5.56 Å². The van der Waals surface area contributed by atoms with Gasteiger partial charge in [0.2, 0.25) is 0 Å². The van der Waals surface area contributed by atoms with Gasteiger partial charge in [0.15, 0.2) is 6.10 Å². The molecule has 1 unspecified atom stereocenters. The highest BCUT2D eigenvalue weighted by Crippen LogP contribution is 2.12. The van der Waals surface area contributed by atoms with Crippen LogP contribution >= 0.6 is 0 Å². The van der Waals surface area contributed by atoms with Crippen molar-refractivity contribution < 1.29 is 19.1 Å². The number of urea groups is 1. The number of esters is 1. The number of nitrogen functional groups attached to an aromatic ring is 1. The van der Waals surface area contributed by atoms with Gasteiger partial charge < -0.3 is 15.8 Å². The Bertz CT molecular complexity index is 559. The maximum absolute atomic E-state index is 11.9. The largest absolute Gasteiger partial charge is 0.449 e. The Balaban J connectivity index is 2.67. The predicted octanol–water partition coefficient (Wildman–Crippen LogP) is 0.363. The Morgan fingerprint density at radius 1 is 1.43 bits per heavy atom. The molecule has 1 atom stereocenters. The van der Waals surface area contributed by atoms with Crippen molar-refractivity contribution in [1.29, 1.82) is 0 Å². The molecule has 0 aliphatic rings. The molecule has 8 nitrogen and oxygen atoms in total. The zero-order valence-electron chi connectivity index (χ0n) is 12.1. The molecule has 114 valence electrons. The highest BCUT2D eigenvalue weighted by atomic mass is 16.5. The molecule has 1 rings (SSSR count). The number of amides is 3. The van der Waals surface area contributed by atoms with Crippen LogP contribution in [0.25, 0.3) is 0 Å². The van der Waals surface area contributed by atoms with Gasteiger partial charge in [0.1, 0.15) is 0 Å². The first-order valence-corrected chi connectivity index (χ1v) is 6.37. The quantitative estimate of drug-likeness (QED) is 0.689. The summed E-state index contributed by atoms with van der Waals surface area (Å²) < 4.78 is 4.99. The van der Waals surface area contributed by atoms with Gasteiger partial charge in [-0.05, 0) is 26.8 Å². The molecule has 1 heterocycles. The van der Waals surface area contributed by atoms with E-state index < -0.39 is 24.0 Å². The number of pyridine rings is 1. The molecular formula is C13H18N4O4. The molecule has 0 bridgehead atoms. The smallest absolute Gasteiger partial charge is 0.340 e. The van der Waals surface area contributed by atoms with Crippen LogP contribution in [0.2, 0.25) is 0 Å². The highest BCUT2D eigenvalue weighted by molar-refractivity contribution is 5.98. The van der Waals surface area contributed by atoms with E-state index in [0.717, 1.165) is 0 Å². The van der Waals surface area contributed by atoms with Crippen LogP contribution in [0.1, 0.15) is 29.9 Å². The Hall–Kier alpha value is -2.64. The first-order valence-electron chi connectivity index (χ1n) is 6.37. The molecule has 1 aromatic heterocycles. The molecule has 0 saturated heterocycles. The van der Waals surface area contributed by atoms with E-state index in [0.29, 0.717) is 17.9 Å². The highest BCUT2D eigenvalue weighted by Gasteiger charge is 2.22. The number of hydrogen-bond acceptors (Lipinski definition) is 6. The van der Waals surface area contributed by atoms with E-state index in [1.807, 2.05) is 0 Å². The second-order valence-electron chi connectivity index (χ2n) is 4.30. The monoisotopic (exact) mass is 294 g/mol. The molecule has 0 aromatic carbocycles. The van der Waals surface area contributed by atoms with E-state index in [1.165, 1.54) is 19.2 Å². The number of hydrogen-bond donors (Lipinski definition) is 3. The number of imide groups is 1. The summed E-state index contributed by atoms with van der Waals surface area (Å²) in [7, 11) is 0. The predicted molar refractivity (Wildman–Crippen MR) is 75.5 cm³/mol. The molecule has 0 saturated carbocycles. The zero-order chi connectivity index (χ0) is 16.0. The normalized spacial score (nSPS) is 11.4. The fourth-order valence-electron chi connectivity index (χ4n) is 1.45. The number of aromatic nitrogens is 1. The zero-order valence-corrected chi connectivity index (χ0v) is 12.1. The SMILES string of the molecule is CCNC(=O)NC(=O)C(C)OC(=O)c1cc(N)cnc1C. The van der Waals surface area contributed by atoms with Gasteiger partial charge in [0, 0.05) is 6.54 Å². The van der Waals surface area contributed by atoms with Gasteiger partial charge in [0.25, 0.3) is 5.91 Å². The summed E-state index contributed by atoms with van der Waals surface area (Å²) in [5.41, 5.74) is 6.47. The summed E-state index contributed by atoms with van der Waals surface area (Å²) >= 11 is 0. The van der Waals surface area contributed by atoms with E-state index >= 15 is 0 Å². The van der Waals surface area contributed by atoms with Crippen molar-refractivity contribution in [2.75, 3.05) is 12.3 Å². The maximum atomic E-state index is 11.9. The van der Waals surface area contributed by atoms with Gasteiger partial charge >= 0.3 is 12.0 Å². The molecular weight excluding hydrogens is 276 g/mol. The second-order valence-corrected chi connectivity index (χ2v) is 4.30. The lowest BCUT2D eigenvalue weighted by atomic mass is 10.2. The minimum atomic E-state index is -1.12. The topological polar surface area (TPSA) is 123 Å². The number of carbonyl (C=O) groups excluding carboxylic acids is 3. The van der Waals surface area contributed by atoms with Crippen molar-refractivity contribution in [2.24, 2.45) is 0 Å². The molecule has 0 spiro atoms. The third-order valence-electron chi connectivity index (χ3n) is 2.56. The van der Waals surface area contributed by atoms with E-state index in [4.69, 9.17) is 10.5 Å². The number of anilines is 1. The van der Waals surface area contributed by atoms with Crippen LogP contribution in [-0.4, -0.2) is 35.5 Å². The average molecular weight is 294 g/mol. The Morgan fingerprint density at radius 3 is 2.71 bits per heavy atom.